The van der Waals surface area contributed by atoms with Gasteiger partial charge in [0, 0.05) is 16.3 Å². The highest BCUT2D eigenvalue weighted by molar-refractivity contribution is 7.80. The molecule has 1 saturated heterocycles. The molecular formula is C27H23ClN4O6S. The van der Waals surface area contributed by atoms with Crippen molar-refractivity contribution in [2.45, 2.75) is 12.5 Å². The van der Waals surface area contributed by atoms with Gasteiger partial charge in [-0.05, 0) is 85.0 Å². The van der Waals surface area contributed by atoms with Gasteiger partial charge in [-0.2, -0.15) is 0 Å². The van der Waals surface area contributed by atoms with Crippen molar-refractivity contribution >= 4 is 64.0 Å². The van der Waals surface area contributed by atoms with E-state index in [9.17, 15) is 19.2 Å². The van der Waals surface area contributed by atoms with Gasteiger partial charge in [-0.25, -0.2) is 9.80 Å². The standard InChI is InChI=1S/C27H23ClN4O6S/c1-37-21-13-11-20(12-14-21)31-25(35)22(15-23(33)29-19-9-5-17(6-10-19)26(36)38-2)32(27(31)39)30-24(34)16-3-7-18(28)8-4-16/h3-14,22H,15H2,1-2H3,(H,29,33)(H,30,34). The van der Waals surface area contributed by atoms with Gasteiger partial charge in [0.05, 0.1) is 31.9 Å². The first-order valence-electron chi connectivity index (χ1n) is 11.6. The number of benzene rings is 3. The van der Waals surface area contributed by atoms with Crippen LogP contribution in [0.4, 0.5) is 11.4 Å². The Morgan fingerprint density at radius 2 is 1.54 bits per heavy atom. The Morgan fingerprint density at radius 3 is 2.13 bits per heavy atom. The summed E-state index contributed by atoms with van der Waals surface area (Å²) in [6, 6.07) is 17.7. The third kappa shape index (κ3) is 6.16. The molecule has 0 spiro atoms. The highest BCUT2D eigenvalue weighted by atomic mass is 35.5. The largest absolute Gasteiger partial charge is 0.497 e. The van der Waals surface area contributed by atoms with Crippen LogP contribution in [0, 0.1) is 0 Å². The van der Waals surface area contributed by atoms with Gasteiger partial charge in [0.1, 0.15) is 11.8 Å². The number of hydrazine groups is 1. The second-order valence-electron chi connectivity index (χ2n) is 8.31. The molecule has 0 saturated carbocycles. The molecule has 39 heavy (non-hydrogen) atoms. The van der Waals surface area contributed by atoms with Crippen LogP contribution in [0.15, 0.2) is 72.8 Å². The number of halogens is 1. The Bertz CT molecular complexity index is 1410. The predicted octanol–water partition coefficient (Wildman–Crippen LogP) is 3.81. The summed E-state index contributed by atoms with van der Waals surface area (Å²) < 4.78 is 9.86. The van der Waals surface area contributed by atoms with E-state index in [4.69, 9.17) is 28.6 Å². The molecule has 1 fully saturated rings. The molecular weight excluding hydrogens is 544 g/mol. The molecule has 3 aromatic rings. The van der Waals surface area contributed by atoms with Crippen molar-refractivity contribution in [3.8, 4) is 5.75 Å². The Morgan fingerprint density at radius 1 is 0.923 bits per heavy atom. The van der Waals surface area contributed by atoms with Gasteiger partial charge >= 0.3 is 5.97 Å². The Hall–Kier alpha value is -4.48. The summed E-state index contributed by atoms with van der Waals surface area (Å²) >= 11 is 11.5. The molecule has 10 nitrogen and oxygen atoms in total. The highest BCUT2D eigenvalue weighted by Gasteiger charge is 2.45. The van der Waals surface area contributed by atoms with Crippen LogP contribution in [0.5, 0.6) is 5.75 Å². The molecule has 1 aliphatic rings. The minimum atomic E-state index is -1.13. The number of ether oxygens (including phenoxy) is 2. The first kappa shape index (κ1) is 27.6. The maximum atomic E-state index is 13.5. The number of anilines is 2. The number of carbonyl (C=O) groups is 4. The van der Waals surface area contributed by atoms with E-state index in [1.54, 1.807) is 36.4 Å². The minimum Gasteiger partial charge on any atom is -0.497 e. The van der Waals surface area contributed by atoms with E-state index in [0.29, 0.717) is 27.7 Å². The normalized spacial score (nSPS) is 14.7. The third-order valence-electron chi connectivity index (χ3n) is 5.84. The molecule has 2 N–H and O–H groups in total. The number of hydrogen-bond donors (Lipinski definition) is 2. The van der Waals surface area contributed by atoms with E-state index in [1.807, 2.05) is 0 Å². The molecule has 200 valence electrons. The van der Waals surface area contributed by atoms with Crippen molar-refractivity contribution in [3.63, 3.8) is 0 Å². The predicted molar refractivity (Wildman–Crippen MR) is 149 cm³/mol. The average molecular weight is 567 g/mol. The van der Waals surface area contributed by atoms with Crippen LogP contribution in [0.1, 0.15) is 27.1 Å². The summed E-state index contributed by atoms with van der Waals surface area (Å²) in [5.41, 5.74) is 4.11. The average Bonchev–Trinajstić information content (AvgIpc) is 3.17. The van der Waals surface area contributed by atoms with Gasteiger partial charge in [-0.3, -0.25) is 24.7 Å². The smallest absolute Gasteiger partial charge is 0.337 e. The number of amides is 3. The number of nitrogens with zero attached hydrogens (tertiary/aromatic N) is 2. The van der Waals surface area contributed by atoms with Crippen LogP contribution in [0.3, 0.4) is 0 Å². The lowest BCUT2D eigenvalue weighted by atomic mass is 10.1. The molecule has 0 aromatic heterocycles. The summed E-state index contributed by atoms with van der Waals surface area (Å²) in [4.78, 5) is 52.4. The van der Waals surface area contributed by atoms with Crippen molar-refractivity contribution in [2.24, 2.45) is 0 Å². The zero-order valence-corrected chi connectivity index (χ0v) is 22.4. The van der Waals surface area contributed by atoms with Crippen molar-refractivity contribution in [2.75, 3.05) is 24.4 Å². The van der Waals surface area contributed by atoms with Crippen molar-refractivity contribution in [1.82, 2.24) is 10.4 Å². The molecule has 0 aliphatic carbocycles. The van der Waals surface area contributed by atoms with Gasteiger partial charge in [-0.15, -0.1) is 0 Å². The van der Waals surface area contributed by atoms with Crippen molar-refractivity contribution in [3.05, 3.63) is 88.9 Å². The number of methoxy groups -OCH3 is 2. The topological polar surface area (TPSA) is 117 Å². The summed E-state index contributed by atoms with van der Waals surface area (Å²) in [7, 11) is 2.79. The van der Waals surface area contributed by atoms with Gasteiger partial charge in [0.25, 0.3) is 11.8 Å². The first-order valence-corrected chi connectivity index (χ1v) is 12.4. The monoisotopic (exact) mass is 566 g/mol. The highest BCUT2D eigenvalue weighted by Crippen LogP contribution is 2.28. The fourth-order valence-electron chi connectivity index (χ4n) is 3.84. The lowest BCUT2D eigenvalue weighted by Crippen LogP contribution is -2.49. The second-order valence-corrected chi connectivity index (χ2v) is 9.11. The summed E-state index contributed by atoms with van der Waals surface area (Å²) in [6.07, 6.45) is -0.328. The fraction of sp³-hybridized carbons (Fsp3) is 0.148. The quantitative estimate of drug-likeness (QED) is 0.312. The van der Waals surface area contributed by atoms with E-state index in [0.717, 1.165) is 0 Å². The van der Waals surface area contributed by atoms with Gasteiger partial charge in [0.15, 0.2) is 0 Å². The zero-order valence-electron chi connectivity index (χ0n) is 20.8. The summed E-state index contributed by atoms with van der Waals surface area (Å²) in [5, 5.41) is 4.35. The fourth-order valence-corrected chi connectivity index (χ4v) is 4.33. The maximum Gasteiger partial charge on any atom is 0.337 e. The van der Waals surface area contributed by atoms with Crippen LogP contribution < -0.4 is 20.4 Å². The summed E-state index contributed by atoms with van der Waals surface area (Å²) in [5.74, 6) is -1.48. The van der Waals surface area contributed by atoms with E-state index in [2.05, 4.69) is 15.5 Å². The molecule has 3 aromatic carbocycles. The van der Waals surface area contributed by atoms with Crippen molar-refractivity contribution in [1.29, 1.82) is 0 Å². The van der Waals surface area contributed by atoms with Gasteiger partial charge in [0.2, 0.25) is 11.0 Å². The second kappa shape index (κ2) is 11.9. The number of esters is 1. The van der Waals surface area contributed by atoms with Crippen LogP contribution in [-0.4, -0.2) is 54.1 Å². The lowest BCUT2D eigenvalue weighted by Gasteiger charge is -2.24. The number of hydrogen-bond acceptors (Lipinski definition) is 7. The molecule has 0 bridgehead atoms. The molecule has 0 radical (unpaired) electrons. The Labute approximate surface area is 234 Å². The Balaban J connectivity index is 1.57. The maximum absolute atomic E-state index is 13.5. The minimum absolute atomic E-state index is 0.00675. The van der Waals surface area contributed by atoms with Crippen LogP contribution in [-0.2, 0) is 14.3 Å². The lowest BCUT2D eigenvalue weighted by molar-refractivity contribution is -0.124. The molecule has 1 aliphatic heterocycles. The van der Waals surface area contributed by atoms with E-state index in [-0.39, 0.29) is 17.1 Å². The first-order chi connectivity index (χ1) is 18.7. The number of thiocarbonyl (C=S) groups is 1. The third-order valence-corrected chi connectivity index (χ3v) is 6.47. The van der Waals surface area contributed by atoms with Crippen LogP contribution >= 0.6 is 23.8 Å². The van der Waals surface area contributed by atoms with Crippen molar-refractivity contribution < 1.29 is 28.7 Å². The van der Waals surface area contributed by atoms with Gasteiger partial charge in [-0.1, -0.05) is 11.6 Å². The zero-order chi connectivity index (χ0) is 28.1. The summed E-state index contributed by atoms with van der Waals surface area (Å²) in [6.45, 7) is 0. The molecule has 3 amide bonds. The van der Waals surface area contributed by atoms with Gasteiger partial charge < -0.3 is 14.8 Å². The number of rotatable bonds is 8. The van der Waals surface area contributed by atoms with Crippen LogP contribution in [0.25, 0.3) is 0 Å². The molecule has 1 unspecified atom stereocenters. The number of nitrogens with one attached hydrogen (secondary N) is 2. The Kier molecular flexibility index (Phi) is 8.43. The molecule has 12 heteroatoms. The SMILES string of the molecule is COC(=O)c1ccc(NC(=O)CC2C(=O)N(c3ccc(OC)cc3)C(=S)N2NC(=O)c2ccc(Cl)cc2)cc1. The molecule has 1 heterocycles. The van der Waals surface area contributed by atoms with E-state index < -0.39 is 29.7 Å². The molecule has 4 rings (SSSR count). The van der Waals surface area contributed by atoms with E-state index >= 15 is 0 Å². The molecule has 1 atom stereocenters. The number of carbonyl (C=O) groups excluding carboxylic acids is 4. The van der Waals surface area contributed by atoms with Crippen LogP contribution in [0.2, 0.25) is 5.02 Å². The van der Waals surface area contributed by atoms with E-state index in [1.165, 1.54) is 60.5 Å².